The summed E-state index contributed by atoms with van der Waals surface area (Å²) in [7, 11) is 2.52. The smallest absolute Gasteiger partial charge is 0.342 e. The average Bonchev–Trinajstić information content (AvgIpc) is 2.96. The minimum absolute atomic E-state index is 0. The number of carbonyl (C=O) groups excluding carboxylic acids is 4. The molecule has 175 valence electrons. The summed E-state index contributed by atoms with van der Waals surface area (Å²) in [6.07, 6.45) is 0. The Kier molecular flexibility index (Phi) is 17.0. The van der Waals surface area contributed by atoms with E-state index in [1.807, 2.05) is 0 Å². The van der Waals surface area contributed by atoms with E-state index < -0.39 is 35.8 Å². The molecular formula is C20H26O11Y. The summed E-state index contributed by atoms with van der Waals surface area (Å²) in [4.78, 5) is 63.0. The summed E-state index contributed by atoms with van der Waals surface area (Å²) >= 11 is 0. The molecule has 1 aliphatic rings. The first-order valence-corrected chi connectivity index (χ1v) is 8.55. The number of cyclic esters (lactones) is 2. The van der Waals surface area contributed by atoms with Gasteiger partial charge in [-0.1, -0.05) is 0 Å². The van der Waals surface area contributed by atoms with Crippen molar-refractivity contribution in [2.75, 3.05) is 14.2 Å². The number of esters is 4. The molecule has 0 fully saturated rings. The van der Waals surface area contributed by atoms with Crippen LogP contribution in [-0.4, -0.2) is 60.2 Å². The number of ether oxygens (including phenoxy) is 3. The third-order valence-corrected chi connectivity index (χ3v) is 4.11. The van der Waals surface area contributed by atoms with Gasteiger partial charge < -0.3 is 24.4 Å². The molecule has 12 heteroatoms. The number of hydrogen-bond acceptors (Lipinski definition) is 9. The van der Waals surface area contributed by atoms with Crippen molar-refractivity contribution in [1.29, 1.82) is 0 Å². The second-order valence-electron chi connectivity index (χ2n) is 6.02. The first kappa shape index (κ1) is 34.0. The zero-order valence-electron chi connectivity index (χ0n) is 19.1. The van der Waals surface area contributed by atoms with Crippen molar-refractivity contribution in [2.45, 2.75) is 41.5 Å². The summed E-state index contributed by atoms with van der Waals surface area (Å²) in [5.41, 5.74) is 1.11. The van der Waals surface area contributed by atoms with Crippen LogP contribution in [0.25, 0.3) is 0 Å². The zero-order chi connectivity index (χ0) is 25.0. The fourth-order valence-corrected chi connectivity index (χ4v) is 1.48. The molecule has 0 saturated heterocycles. The number of carboxylic acid groups (broad SMARTS) is 2. The van der Waals surface area contributed by atoms with Crippen molar-refractivity contribution in [3.8, 4) is 0 Å². The molecule has 1 aliphatic heterocycles. The Morgan fingerprint density at radius 2 is 0.906 bits per heavy atom. The van der Waals surface area contributed by atoms with Crippen LogP contribution in [0.1, 0.15) is 41.5 Å². The van der Waals surface area contributed by atoms with E-state index in [0.717, 1.165) is 0 Å². The second kappa shape index (κ2) is 16.0. The van der Waals surface area contributed by atoms with Gasteiger partial charge in [0.25, 0.3) is 0 Å². The molecule has 0 atom stereocenters. The quantitative estimate of drug-likeness (QED) is 0.234. The Bertz CT molecular complexity index is 808. The van der Waals surface area contributed by atoms with Crippen molar-refractivity contribution in [3.05, 3.63) is 33.4 Å². The number of carboxylic acids is 2. The van der Waals surface area contributed by atoms with Crippen LogP contribution in [0.3, 0.4) is 0 Å². The molecule has 0 bridgehead atoms. The summed E-state index contributed by atoms with van der Waals surface area (Å²) in [6.45, 7) is 8.68. The second-order valence-corrected chi connectivity index (χ2v) is 6.02. The maximum Gasteiger partial charge on any atom is 0.342 e. The molecule has 2 N–H and O–H groups in total. The molecular weight excluding hydrogens is 505 g/mol. The molecule has 11 nitrogen and oxygen atoms in total. The molecule has 0 aromatic heterocycles. The topological polar surface area (TPSA) is 171 Å². The number of rotatable bonds is 4. The van der Waals surface area contributed by atoms with Gasteiger partial charge in [0.05, 0.1) is 14.2 Å². The minimum Gasteiger partial charge on any atom is -0.478 e. The van der Waals surface area contributed by atoms with Gasteiger partial charge in [-0.25, -0.2) is 28.8 Å². The van der Waals surface area contributed by atoms with Gasteiger partial charge in [0.1, 0.15) is 0 Å². The molecule has 1 radical (unpaired) electrons. The minimum atomic E-state index is -1.19. The van der Waals surface area contributed by atoms with Crippen molar-refractivity contribution >= 4 is 35.8 Å². The van der Waals surface area contributed by atoms with Crippen LogP contribution >= 0.6 is 0 Å². The third kappa shape index (κ3) is 11.1. The van der Waals surface area contributed by atoms with Gasteiger partial charge in [0.15, 0.2) is 0 Å². The molecule has 32 heavy (non-hydrogen) atoms. The monoisotopic (exact) mass is 531 g/mol. The van der Waals surface area contributed by atoms with Gasteiger partial charge >= 0.3 is 35.8 Å². The first-order valence-electron chi connectivity index (χ1n) is 8.55. The van der Waals surface area contributed by atoms with E-state index in [1.165, 1.54) is 41.9 Å². The van der Waals surface area contributed by atoms with E-state index in [9.17, 15) is 28.8 Å². The van der Waals surface area contributed by atoms with E-state index in [-0.39, 0.29) is 55.0 Å². The molecule has 0 aromatic carbocycles. The molecule has 1 heterocycles. The van der Waals surface area contributed by atoms with Crippen molar-refractivity contribution in [2.24, 2.45) is 0 Å². The van der Waals surface area contributed by atoms with Gasteiger partial charge in [-0.2, -0.15) is 0 Å². The number of aliphatic carboxylic acids is 2. The fraction of sp³-hybridized carbons (Fsp3) is 0.400. The molecule has 0 saturated carbocycles. The molecule has 0 aliphatic carbocycles. The van der Waals surface area contributed by atoms with Gasteiger partial charge in [-0.15, -0.1) is 0 Å². The molecule has 0 amide bonds. The van der Waals surface area contributed by atoms with Gasteiger partial charge in [-0.3, -0.25) is 0 Å². The predicted octanol–water partition coefficient (Wildman–Crippen LogP) is 1.56. The third-order valence-electron chi connectivity index (χ3n) is 4.11. The number of carbonyl (C=O) groups is 6. The summed E-state index contributed by atoms with van der Waals surface area (Å²) in [5.74, 6) is -4.45. The number of methoxy groups -OCH3 is 2. The largest absolute Gasteiger partial charge is 0.478 e. The maximum absolute atomic E-state index is 10.9. The van der Waals surface area contributed by atoms with Crippen molar-refractivity contribution < 1.29 is 85.9 Å². The molecule has 0 spiro atoms. The summed E-state index contributed by atoms with van der Waals surface area (Å²) in [6, 6.07) is 0. The van der Waals surface area contributed by atoms with Gasteiger partial charge in [0, 0.05) is 66.1 Å². The fourth-order valence-electron chi connectivity index (χ4n) is 1.48. The van der Waals surface area contributed by atoms with E-state index >= 15 is 0 Å². The zero-order valence-corrected chi connectivity index (χ0v) is 22.0. The first-order chi connectivity index (χ1) is 14.1. The van der Waals surface area contributed by atoms with Crippen molar-refractivity contribution in [1.82, 2.24) is 0 Å². The Labute approximate surface area is 210 Å². The standard InChI is InChI=1S/C8H12O4.C6H8O4.C6H6O3.Y/c1-5(7(9)11-3)6(2)8(10)12-4;1-3(5(7)8)4(2)6(9)10;1-3-4(2)6(8)9-5(3)7;/h1-4H3;1-2H3,(H,7,8)(H,9,10);1-2H3;/b6-5-;;;. The number of hydrogen-bond donors (Lipinski definition) is 2. The Hall–Kier alpha value is -2.66. The van der Waals surface area contributed by atoms with Crippen LogP contribution < -0.4 is 0 Å². The van der Waals surface area contributed by atoms with E-state index in [2.05, 4.69) is 14.2 Å². The van der Waals surface area contributed by atoms with Crippen LogP contribution in [-0.2, 0) is 75.7 Å². The van der Waals surface area contributed by atoms with Crippen LogP contribution in [0, 0.1) is 0 Å². The normalized spacial score (nSPS) is 13.5. The van der Waals surface area contributed by atoms with E-state index in [0.29, 0.717) is 11.1 Å². The molecule has 0 unspecified atom stereocenters. The summed E-state index contributed by atoms with van der Waals surface area (Å²) in [5, 5.41) is 16.6. The van der Waals surface area contributed by atoms with Crippen LogP contribution in [0.2, 0.25) is 0 Å². The van der Waals surface area contributed by atoms with Crippen molar-refractivity contribution in [3.63, 3.8) is 0 Å². The average molecular weight is 531 g/mol. The van der Waals surface area contributed by atoms with Gasteiger partial charge in [0.2, 0.25) is 0 Å². The summed E-state index contributed by atoms with van der Waals surface area (Å²) < 4.78 is 13.1. The van der Waals surface area contributed by atoms with Crippen LogP contribution in [0.4, 0.5) is 0 Å². The maximum atomic E-state index is 10.9. The van der Waals surface area contributed by atoms with E-state index in [1.54, 1.807) is 13.8 Å². The predicted molar refractivity (Wildman–Crippen MR) is 106 cm³/mol. The van der Waals surface area contributed by atoms with Gasteiger partial charge in [-0.05, 0) is 41.5 Å². The SMILES string of the molecule is CC(C(=O)O)=C(C)C(=O)O.CC1=C(C)C(=O)OC1=O.COC(=O)/C(C)=C(/C)C(=O)OC.[Y]. The van der Waals surface area contributed by atoms with E-state index in [4.69, 9.17) is 10.2 Å². The Balaban J connectivity index is -0.000000392. The van der Waals surface area contributed by atoms with Crippen LogP contribution in [0.5, 0.6) is 0 Å². The Morgan fingerprint density at radius 1 is 0.656 bits per heavy atom. The Morgan fingerprint density at radius 3 is 1.03 bits per heavy atom. The molecule has 0 aromatic rings. The van der Waals surface area contributed by atoms with Crippen LogP contribution in [0.15, 0.2) is 33.4 Å². The molecule has 1 rings (SSSR count).